The van der Waals surface area contributed by atoms with Crippen molar-refractivity contribution < 1.29 is 4.79 Å². The van der Waals surface area contributed by atoms with Crippen LogP contribution >= 0.6 is 11.6 Å². The van der Waals surface area contributed by atoms with Gasteiger partial charge in [-0.05, 0) is 24.6 Å². The highest BCUT2D eigenvalue weighted by Crippen LogP contribution is 2.07. The quantitative estimate of drug-likeness (QED) is 0.483. The van der Waals surface area contributed by atoms with Crippen LogP contribution in [0.1, 0.15) is 12.5 Å². The summed E-state index contributed by atoms with van der Waals surface area (Å²) in [7, 11) is 0. The van der Waals surface area contributed by atoms with E-state index in [9.17, 15) is 4.79 Å². The van der Waals surface area contributed by atoms with Gasteiger partial charge in [-0.2, -0.15) is 5.10 Å². The predicted molar refractivity (Wildman–Crippen MR) is 70.2 cm³/mol. The number of amides is 2. The zero-order valence-corrected chi connectivity index (χ0v) is 10.5. The summed E-state index contributed by atoms with van der Waals surface area (Å²) in [5.74, 6) is 0. The van der Waals surface area contributed by atoms with E-state index in [0.29, 0.717) is 5.02 Å². The average molecular weight is 268 g/mol. The monoisotopic (exact) mass is 267 g/mol. The van der Waals surface area contributed by atoms with Gasteiger partial charge in [0, 0.05) is 5.02 Å². The lowest BCUT2D eigenvalue weighted by Gasteiger charge is -2.30. The first-order chi connectivity index (χ1) is 8.65. The molecule has 2 rings (SSSR count). The van der Waals surface area contributed by atoms with E-state index in [-0.39, 0.29) is 18.2 Å². The predicted octanol–water partition coefficient (Wildman–Crippen LogP) is 0.796. The fourth-order valence-corrected chi connectivity index (χ4v) is 1.58. The molecule has 7 heteroatoms. The van der Waals surface area contributed by atoms with Gasteiger partial charge in [0.15, 0.2) is 0 Å². The number of hydrogen-bond acceptors (Lipinski definition) is 4. The van der Waals surface area contributed by atoms with Gasteiger partial charge in [-0.25, -0.2) is 10.2 Å². The number of hydrogen-bond donors (Lipinski definition) is 4. The van der Waals surface area contributed by atoms with E-state index in [1.54, 1.807) is 18.3 Å². The smallest absolute Gasteiger partial charge is 0.314 e. The third-order valence-electron chi connectivity index (χ3n) is 2.50. The number of nitrogens with one attached hydrogen (secondary N) is 4. The van der Waals surface area contributed by atoms with Gasteiger partial charge < -0.3 is 5.32 Å². The molecule has 1 aliphatic rings. The molecule has 2 amide bonds. The Bertz CT molecular complexity index is 447. The fourth-order valence-electron chi connectivity index (χ4n) is 1.45. The van der Waals surface area contributed by atoms with Gasteiger partial charge in [-0.15, -0.1) is 0 Å². The highest BCUT2D eigenvalue weighted by Gasteiger charge is 2.23. The SMILES string of the molecule is CC1NNC(=O)NC1N/N=C/c1ccc(Cl)cc1. The van der Waals surface area contributed by atoms with Gasteiger partial charge in [0.1, 0.15) is 6.17 Å². The Morgan fingerprint density at radius 2 is 2.11 bits per heavy atom. The first-order valence-electron chi connectivity index (χ1n) is 5.51. The number of hydrazine groups is 1. The normalized spacial score (nSPS) is 23.6. The van der Waals surface area contributed by atoms with Crippen LogP contribution in [0.5, 0.6) is 0 Å². The molecule has 1 aromatic rings. The summed E-state index contributed by atoms with van der Waals surface area (Å²) in [6.07, 6.45) is 1.40. The van der Waals surface area contributed by atoms with E-state index in [1.807, 2.05) is 19.1 Å². The maximum absolute atomic E-state index is 11.1. The number of nitrogens with zero attached hydrogens (tertiary/aromatic N) is 1. The molecular formula is C11H14ClN5O. The molecule has 0 aliphatic carbocycles. The van der Waals surface area contributed by atoms with Crippen molar-refractivity contribution in [1.82, 2.24) is 21.6 Å². The lowest BCUT2D eigenvalue weighted by molar-refractivity contribution is 0.202. The third kappa shape index (κ3) is 3.35. The van der Waals surface area contributed by atoms with Gasteiger partial charge in [-0.1, -0.05) is 23.7 Å². The van der Waals surface area contributed by atoms with Crippen LogP contribution in [0.4, 0.5) is 4.79 Å². The fraction of sp³-hybridized carbons (Fsp3) is 0.273. The van der Waals surface area contributed by atoms with Crippen molar-refractivity contribution in [2.45, 2.75) is 19.1 Å². The van der Waals surface area contributed by atoms with Crippen LogP contribution in [0.3, 0.4) is 0 Å². The second-order valence-electron chi connectivity index (χ2n) is 3.95. The molecule has 96 valence electrons. The van der Waals surface area contributed by atoms with Crippen molar-refractivity contribution >= 4 is 23.8 Å². The third-order valence-corrected chi connectivity index (χ3v) is 2.75. The maximum atomic E-state index is 11.1. The molecule has 1 aliphatic heterocycles. The number of carbonyl (C=O) groups excluding carboxylic acids is 1. The highest BCUT2D eigenvalue weighted by molar-refractivity contribution is 6.30. The summed E-state index contributed by atoms with van der Waals surface area (Å²) >= 11 is 5.78. The van der Waals surface area contributed by atoms with Crippen molar-refractivity contribution in [3.63, 3.8) is 0 Å². The second-order valence-corrected chi connectivity index (χ2v) is 4.38. The molecule has 18 heavy (non-hydrogen) atoms. The van der Waals surface area contributed by atoms with Crippen molar-refractivity contribution in [3.05, 3.63) is 34.9 Å². The highest BCUT2D eigenvalue weighted by atomic mass is 35.5. The molecule has 2 atom stereocenters. The summed E-state index contributed by atoms with van der Waals surface area (Å²) in [5.41, 5.74) is 9.08. The summed E-state index contributed by atoms with van der Waals surface area (Å²) in [4.78, 5) is 11.1. The Kier molecular flexibility index (Phi) is 4.01. The Balaban J connectivity index is 1.90. The number of rotatable bonds is 3. The van der Waals surface area contributed by atoms with E-state index in [2.05, 4.69) is 26.7 Å². The van der Waals surface area contributed by atoms with Gasteiger partial charge in [0.25, 0.3) is 0 Å². The van der Waals surface area contributed by atoms with E-state index >= 15 is 0 Å². The lowest BCUT2D eigenvalue weighted by atomic mass is 10.2. The molecule has 1 fully saturated rings. The standard InChI is InChI=1S/C11H14ClN5O/c1-7-10(14-11(18)17-15-7)16-13-6-8-2-4-9(12)5-3-8/h2-7,10,15-16H,1H3,(H2,14,17,18)/b13-6+. The van der Waals surface area contributed by atoms with E-state index in [1.165, 1.54) is 0 Å². The lowest BCUT2D eigenvalue weighted by Crippen LogP contribution is -2.67. The van der Waals surface area contributed by atoms with E-state index in [4.69, 9.17) is 11.6 Å². The summed E-state index contributed by atoms with van der Waals surface area (Å²) in [6, 6.07) is 7.03. The zero-order chi connectivity index (χ0) is 13.0. The minimum atomic E-state index is -0.285. The number of hydrazone groups is 1. The van der Waals surface area contributed by atoms with Crippen LogP contribution in [-0.4, -0.2) is 24.5 Å². The van der Waals surface area contributed by atoms with Crippen LogP contribution in [-0.2, 0) is 0 Å². The second kappa shape index (κ2) is 5.70. The first-order valence-corrected chi connectivity index (χ1v) is 5.89. The minimum absolute atomic E-state index is 0.0186. The van der Waals surface area contributed by atoms with Crippen molar-refractivity contribution in [2.75, 3.05) is 0 Å². The van der Waals surface area contributed by atoms with Crippen LogP contribution in [0.25, 0.3) is 0 Å². The first kappa shape index (κ1) is 12.7. The number of halogens is 1. The van der Waals surface area contributed by atoms with Gasteiger partial charge in [0.2, 0.25) is 0 Å². The maximum Gasteiger partial charge on any atom is 0.330 e. The summed E-state index contributed by atoms with van der Waals surface area (Å²) < 4.78 is 0. The number of benzene rings is 1. The molecule has 4 N–H and O–H groups in total. The van der Waals surface area contributed by atoms with Crippen LogP contribution in [0, 0.1) is 0 Å². The molecular weight excluding hydrogens is 254 g/mol. The molecule has 6 nitrogen and oxygen atoms in total. The Hall–Kier alpha value is -1.79. The van der Waals surface area contributed by atoms with Crippen LogP contribution in [0.2, 0.25) is 5.02 Å². The van der Waals surface area contributed by atoms with Crippen LogP contribution in [0.15, 0.2) is 29.4 Å². The molecule has 1 saturated heterocycles. The van der Waals surface area contributed by atoms with Gasteiger partial charge in [-0.3, -0.25) is 10.9 Å². The van der Waals surface area contributed by atoms with Crippen LogP contribution < -0.4 is 21.6 Å². The molecule has 1 aromatic carbocycles. The largest absolute Gasteiger partial charge is 0.330 e. The Morgan fingerprint density at radius 3 is 2.83 bits per heavy atom. The molecule has 0 saturated carbocycles. The summed E-state index contributed by atoms with van der Waals surface area (Å²) in [6.45, 7) is 1.92. The molecule has 0 radical (unpaired) electrons. The van der Waals surface area contributed by atoms with E-state index < -0.39 is 0 Å². The van der Waals surface area contributed by atoms with Crippen molar-refractivity contribution in [2.24, 2.45) is 5.10 Å². The molecule has 0 spiro atoms. The van der Waals surface area contributed by atoms with Crippen molar-refractivity contribution in [1.29, 1.82) is 0 Å². The molecule has 0 aromatic heterocycles. The molecule has 1 heterocycles. The van der Waals surface area contributed by atoms with E-state index in [0.717, 1.165) is 5.56 Å². The number of carbonyl (C=O) groups is 1. The Labute approximate surface area is 110 Å². The summed E-state index contributed by atoms with van der Waals surface area (Å²) in [5, 5.41) is 7.47. The minimum Gasteiger partial charge on any atom is -0.314 e. The van der Waals surface area contributed by atoms with Gasteiger partial charge >= 0.3 is 6.03 Å². The van der Waals surface area contributed by atoms with Crippen molar-refractivity contribution in [3.8, 4) is 0 Å². The zero-order valence-electron chi connectivity index (χ0n) is 9.77. The molecule has 2 unspecified atom stereocenters. The molecule has 0 bridgehead atoms. The van der Waals surface area contributed by atoms with Gasteiger partial charge in [0.05, 0.1) is 12.3 Å². The topological polar surface area (TPSA) is 77.5 Å². The Morgan fingerprint density at radius 1 is 1.39 bits per heavy atom. The number of urea groups is 1. The average Bonchev–Trinajstić information content (AvgIpc) is 2.36.